The second-order valence-electron chi connectivity index (χ2n) is 8.10. The molecule has 0 radical (unpaired) electrons. The van der Waals surface area contributed by atoms with Gasteiger partial charge in [0.15, 0.2) is 0 Å². The molecule has 0 aliphatic heterocycles. The van der Waals surface area contributed by atoms with Crippen LogP contribution in [0.2, 0.25) is 0 Å². The van der Waals surface area contributed by atoms with E-state index in [-0.39, 0.29) is 32.6 Å². The lowest BCUT2D eigenvalue weighted by Crippen LogP contribution is -2.56. The van der Waals surface area contributed by atoms with Gasteiger partial charge in [-0.05, 0) is 30.9 Å². The number of nitrogens with one attached hydrogen (secondary N) is 2. The summed E-state index contributed by atoms with van der Waals surface area (Å²) in [5, 5.41) is 24.5. The summed E-state index contributed by atoms with van der Waals surface area (Å²) in [6.45, 7) is 6.98. The van der Waals surface area contributed by atoms with E-state index in [4.69, 9.17) is 9.84 Å². The van der Waals surface area contributed by atoms with Gasteiger partial charge in [0.2, 0.25) is 18.2 Å². The van der Waals surface area contributed by atoms with Crippen LogP contribution in [-0.2, 0) is 14.4 Å². The van der Waals surface area contributed by atoms with Gasteiger partial charge in [0, 0.05) is 6.54 Å². The van der Waals surface area contributed by atoms with Gasteiger partial charge in [-0.3, -0.25) is 19.6 Å². The molecule has 0 fully saturated rings. The van der Waals surface area contributed by atoms with Gasteiger partial charge in [-0.25, -0.2) is 5.06 Å². The van der Waals surface area contributed by atoms with Gasteiger partial charge in [0.25, 0.3) is 0 Å². The average Bonchev–Trinajstić information content (AvgIpc) is 2.72. The molecule has 0 aliphatic rings. The fourth-order valence-corrected chi connectivity index (χ4v) is 2.90. The lowest BCUT2D eigenvalue weighted by molar-refractivity contribution is -0.166. The normalized spacial score (nSPS) is 14.2. The third-order valence-electron chi connectivity index (χ3n) is 4.71. The number of carbonyl (C=O) groups is 3. The van der Waals surface area contributed by atoms with Crippen LogP contribution in [0.3, 0.4) is 0 Å². The maximum atomic E-state index is 13.0. The molecule has 3 amide bonds. The Morgan fingerprint density at radius 2 is 1.83 bits per heavy atom. The molecule has 1 aromatic carbocycles. The van der Waals surface area contributed by atoms with Crippen LogP contribution >= 0.6 is 0 Å². The van der Waals surface area contributed by atoms with E-state index in [1.54, 1.807) is 39.8 Å². The number of carbonyl (C=O) groups excluding carboxylic acids is 3. The fourth-order valence-electron chi connectivity index (χ4n) is 2.90. The number of hydrogen-bond acceptors (Lipinski definition) is 6. The van der Waals surface area contributed by atoms with Crippen molar-refractivity contribution in [3.8, 4) is 5.75 Å². The molecule has 1 aromatic rings. The molecule has 0 saturated carbocycles. The Morgan fingerprint density at radius 1 is 1.20 bits per heavy atom. The second kappa shape index (κ2) is 12.1. The average molecular weight is 424 g/mol. The summed E-state index contributed by atoms with van der Waals surface area (Å²) in [5.74, 6) is -1.09. The quantitative estimate of drug-likeness (QED) is 0.225. The highest BCUT2D eigenvalue weighted by molar-refractivity contribution is 5.89. The number of hydroxylamine groups is 2. The number of ether oxygens (including phenoxy) is 1. The minimum absolute atomic E-state index is 0.0710. The molecule has 0 aromatic heterocycles. The molecule has 9 heteroatoms. The SMILES string of the molecule is C[C@@H]([C@@H](CCOc1ccccc1)C(=O)N[C@H](C(=O)NCCO)C(C)(C)C)N(O)C=O. The summed E-state index contributed by atoms with van der Waals surface area (Å²) in [6.07, 6.45) is 0.445. The molecule has 0 spiro atoms. The van der Waals surface area contributed by atoms with Gasteiger partial charge in [-0.2, -0.15) is 0 Å². The highest BCUT2D eigenvalue weighted by Crippen LogP contribution is 2.22. The van der Waals surface area contributed by atoms with Crippen molar-refractivity contribution in [2.24, 2.45) is 11.3 Å². The van der Waals surface area contributed by atoms with Gasteiger partial charge in [0.05, 0.1) is 25.2 Å². The first-order valence-corrected chi connectivity index (χ1v) is 9.91. The van der Waals surface area contributed by atoms with E-state index in [1.807, 2.05) is 18.2 Å². The minimum atomic E-state index is -0.871. The van der Waals surface area contributed by atoms with Crippen molar-refractivity contribution in [2.45, 2.75) is 46.2 Å². The maximum Gasteiger partial charge on any atom is 0.243 e. The molecule has 0 heterocycles. The van der Waals surface area contributed by atoms with E-state index in [1.165, 1.54) is 0 Å². The number of nitrogens with zero attached hydrogens (tertiary/aromatic N) is 1. The van der Waals surface area contributed by atoms with E-state index in [9.17, 15) is 19.6 Å². The number of para-hydroxylation sites is 1. The summed E-state index contributed by atoms with van der Waals surface area (Å²) in [4.78, 5) is 36.5. The van der Waals surface area contributed by atoms with E-state index >= 15 is 0 Å². The first-order chi connectivity index (χ1) is 14.1. The van der Waals surface area contributed by atoms with Gasteiger partial charge in [0.1, 0.15) is 11.8 Å². The smallest absolute Gasteiger partial charge is 0.243 e. The monoisotopic (exact) mass is 423 g/mol. The number of amides is 3. The predicted molar refractivity (Wildman–Crippen MR) is 111 cm³/mol. The first kappa shape index (κ1) is 25.4. The molecule has 0 bridgehead atoms. The molecule has 4 N–H and O–H groups in total. The van der Waals surface area contributed by atoms with E-state index in [0.29, 0.717) is 10.8 Å². The summed E-state index contributed by atoms with van der Waals surface area (Å²) in [5.41, 5.74) is -0.604. The number of rotatable bonds is 12. The molecule has 3 atom stereocenters. The Kier molecular flexibility index (Phi) is 10.3. The molecule has 0 aliphatic carbocycles. The van der Waals surface area contributed by atoms with E-state index in [2.05, 4.69) is 10.6 Å². The zero-order valence-electron chi connectivity index (χ0n) is 18.0. The molecule has 30 heavy (non-hydrogen) atoms. The topological polar surface area (TPSA) is 128 Å². The van der Waals surface area contributed by atoms with Crippen molar-refractivity contribution in [1.82, 2.24) is 15.7 Å². The van der Waals surface area contributed by atoms with Gasteiger partial charge in [-0.15, -0.1) is 0 Å². The molecular weight excluding hydrogens is 390 g/mol. The lowest BCUT2D eigenvalue weighted by atomic mass is 9.85. The highest BCUT2D eigenvalue weighted by Gasteiger charge is 2.36. The molecule has 168 valence electrons. The van der Waals surface area contributed by atoms with Crippen LogP contribution in [-0.4, -0.2) is 65.4 Å². The fraction of sp³-hybridized carbons (Fsp3) is 0.571. The van der Waals surface area contributed by atoms with Crippen molar-refractivity contribution in [3.63, 3.8) is 0 Å². The Hall–Kier alpha value is -2.65. The van der Waals surface area contributed by atoms with Crippen molar-refractivity contribution in [2.75, 3.05) is 19.8 Å². The van der Waals surface area contributed by atoms with Crippen LogP contribution in [0.1, 0.15) is 34.1 Å². The maximum absolute atomic E-state index is 13.0. The summed E-state index contributed by atoms with van der Waals surface area (Å²) >= 11 is 0. The largest absolute Gasteiger partial charge is 0.494 e. The Morgan fingerprint density at radius 3 is 2.37 bits per heavy atom. The number of aliphatic hydroxyl groups is 1. The van der Waals surface area contributed by atoms with Crippen LogP contribution in [0.25, 0.3) is 0 Å². The van der Waals surface area contributed by atoms with Crippen molar-refractivity contribution in [3.05, 3.63) is 30.3 Å². The molecular formula is C21H33N3O6. The Bertz CT molecular complexity index is 677. The number of hydrogen-bond donors (Lipinski definition) is 4. The van der Waals surface area contributed by atoms with Crippen molar-refractivity contribution >= 4 is 18.2 Å². The van der Waals surface area contributed by atoms with Gasteiger partial charge in [-0.1, -0.05) is 39.0 Å². The first-order valence-electron chi connectivity index (χ1n) is 9.91. The standard InChI is InChI=1S/C21H33N3O6/c1-15(24(29)14-26)17(10-13-30-16-8-6-5-7-9-16)19(27)23-18(21(2,3)4)20(28)22-11-12-25/h5-9,14-15,17-18,25,29H,10-13H2,1-4H3,(H,22,28)(H,23,27)/t15-,17+,18+/m0/s1. The van der Waals surface area contributed by atoms with Crippen molar-refractivity contribution in [1.29, 1.82) is 0 Å². The zero-order chi connectivity index (χ0) is 22.7. The zero-order valence-corrected chi connectivity index (χ0v) is 18.0. The summed E-state index contributed by atoms with van der Waals surface area (Å²) in [6, 6.07) is 7.36. The number of aliphatic hydroxyl groups excluding tert-OH is 1. The van der Waals surface area contributed by atoms with Crippen LogP contribution in [0.15, 0.2) is 30.3 Å². The molecule has 9 nitrogen and oxygen atoms in total. The third kappa shape index (κ3) is 8.00. The van der Waals surface area contributed by atoms with Crippen LogP contribution in [0, 0.1) is 11.3 Å². The van der Waals surface area contributed by atoms with Crippen molar-refractivity contribution < 1.29 is 29.4 Å². The molecule has 0 unspecified atom stereocenters. The highest BCUT2D eigenvalue weighted by atomic mass is 16.5. The van der Waals surface area contributed by atoms with E-state index in [0.717, 1.165) is 0 Å². The number of benzene rings is 1. The Balaban J connectivity index is 2.92. The minimum Gasteiger partial charge on any atom is -0.494 e. The van der Waals surface area contributed by atoms with Gasteiger partial charge >= 0.3 is 0 Å². The van der Waals surface area contributed by atoms with Gasteiger partial charge < -0.3 is 20.5 Å². The predicted octanol–water partition coefficient (Wildman–Crippen LogP) is 0.947. The molecule has 0 saturated heterocycles. The third-order valence-corrected chi connectivity index (χ3v) is 4.71. The van der Waals surface area contributed by atoms with E-state index < -0.39 is 35.2 Å². The second-order valence-corrected chi connectivity index (χ2v) is 8.10. The summed E-state index contributed by atoms with van der Waals surface area (Å²) in [7, 11) is 0. The van der Waals surface area contributed by atoms with Crippen LogP contribution in [0.4, 0.5) is 0 Å². The lowest BCUT2D eigenvalue weighted by Gasteiger charge is -2.33. The summed E-state index contributed by atoms with van der Waals surface area (Å²) < 4.78 is 5.65. The Labute approximate surface area is 177 Å². The van der Waals surface area contributed by atoms with Crippen LogP contribution in [0.5, 0.6) is 5.75 Å². The van der Waals surface area contributed by atoms with Crippen LogP contribution < -0.4 is 15.4 Å². The molecule has 1 rings (SSSR count).